The Bertz CT molecular complexity index is 695. The van der Waals surface area contributed by atoms with Crippen molar-refractivity contribution >= 4 is 33.2 Å². The van der Waals surface area contributed by atoms with E-state index in [1.54, 1.807) is 0 Å². The second-order valence-electron chi connectivity index (χ2n) is 5.44. The van der Waals surface area contributed by atoms with Crippen LogP contribution in [0.2, 0.25) is 0 Å². The number of anilines is 2. The summed E-state index contributed by atoms with van der Waals surface area (Å²) in [6.07, 6.45) is 1.32. The summed E-state index contributed by atoms with van der Waals surface area (Å²) in [5.41, 5.74) is 11.0. The van der Waals surface area contributed by atoms with E-state index in [1.807, 2.05) is 42.2 Å². The average Bonchev–Trinajstić information content (AvgIpc) is 2.85. The molecule has 0 saturated carbocycles. The lowest BCUT2D eigenvalue weighted by Gasteiger charge is -2.18. The lowest BCUT2D eigenvalue weighted by Crippen LogP contribution is -2.30. The molecule has 21 heavy (non-hydrogen) atoms. The number of amides is 1. The second-order valence-corrected chi connectivity index (χ2v) is 6.35. The van der Waals surface area contributed by atoms with Crippen LogP contribution in [0.3, 0.4) is 0 Å². The molecule has 1 heterocycles. The van der Waals surface area contributed by atoms with E-state index < -0.39 is 0 Å². The topological polar surface area (TPSA) is 46.3 Å². The number of aryl methyl sites for hydroxylation is 1. The molecule has 3 rings (SSSR count). The highest BCUT2D eigenvalue weighted by Gasteiger charge is 2.25. The summed E-state index contributed by atoms with van der Waals surface area (Å²) in [5.74, 6) is 0.124. The number of rotatable bonds is 2. The lowest BCUT2D eigenvalue weighted by molar-refractivity contribution is -0.117. The first kappa shape index (κ1) is 14.1. The quantitative estimate of drug-likeness (QED) is 0.848. The molecular weight excluding hydrogens is 328 g/mol. The summed E-state index contributed by atoms with van der Waals surface area (Å²) < 4.78 is 1.02. The maximum Gasteiger partial charge on any atom is 0.231 e. The number of hydrogen-bond donors (Lipinski definition) is 1. The molecule has 108 valence electrons. The summed E-state index contributed by atoms with van der Waals surface area (Å²) in [6, 6.07) is 11.9. The molecule has 2 aromatic carbocycles. The number of nitrogens with two attached hydrogens (primary N) is 1. The fourth-order valence-electron chi connectivity index (χ4n) is 2.71. The molecule has 0 bridgehead atoms. The summed E-state index contributed by atoms with van der Waals surface area (Å²) in [5, 5.41) is 0. The molecule has 1 aliphatic heterocycles. The predicted molar refractivity (Wildman–Crippen MR) is 89.5 cm³/mol. The van der Waals surface area contributed by atoms with Gasteiger partial charge in [-0.2, -0.15) is 0 Å². The predicted octanol–water partition coefficient (Wildman–Crippen LogP) is 3.47. The number of fused-ring (bicyclic) bond motifs is 1. The first-order chi connectivity index (χ1) is 10.0. The molecule has 1 aliphatic rings. The fourth-order valence-corrected chi connectivity index (χ4v) is 2.97. The Kier molecular flexibility index (Phi) is 3.72. The zero-order valence-corrected chi connectivity index (χ0v) is 13.5. The number of carbonyl (C=O) groups is 1. The average molecular weight is 345 g/mol. The zero-order chi connectivity index (χ0) is 15.0. The monoisotopic (exact) mass is 344 g/mol. The summed E-state index contributed by atoms with van der Waals surface area (Å²) >= 11 is 3.40. The Labute approximate surface area is 132 Å². The van der Waals surface area contributed by atoms with Gasteiger partial charge in [0.2, 0.25) is 5.91 Å². The first-order valence-corrected chi connectivity index (χ1v) is 7.77. The molecule has 0 aromatic heterocycles. The zero-order valence-electron chi connectivity index (χ0n) is 11.9. The minimum Gasteiger partial charge on any atom is -0.398 e. The van der Waals surface area contributed by atoms with E-state index in [1.165, 1.54) is 5.56 Å². The molecule has 2 N–H and O–H groups in total. The van der Waals surface area contributed by atoms with Crippen LogP contribution in [0.1, 0.15) is 16.7 Å². The van der Waals surface area contributed by atoms with Gasteiger partial charge in [0.25, 0.3) is 0 Å². The van der Waals surface area contributed by atoms with Crippen molar-refractivity contribution in [2.24, 2.45) is 0 Å². The number of hydrogen-bond acceptors (Lipinski definition) is 2. The summed E-state index contributed by atoms with van der Waals surface area (Å²) in [4.78, 5) is 14.4. The lowest BCUT2D eigenvalue weighted by atomic mass is 10.1. The van der Waals surface area contributed by atoms with Crippen molar-refractivity contribution in [3.05, 3.63) is 57.6 Å². The van der Waals surface area contributed by atoms with Gasteiger partial charge >= 0.3 is 0 Å². The van der Waals surface area contributed by atoms with Crippen LogP contribution in [0.25, 0.3) is 0 Å². The smallest absolute Gasteiger partial charge is 0.231 e. The van der Waals surface area contributed by atoms with E-state index in [9.17, 15) is 4.79 Å². The Balaban J connectivity index is 1.82. The highest BCUT2D eigenvalue weighted by molar-refractivity contribution is 9.10. The van der Waals surface area contributed by atoms with E-state index in [2.05, 4.69) is 22.0 Å². The number of carbonyl (C=O) groups excluding carboxylic acids is 1. The van der Waals surface area contributed by atoms with Crippen LogP contribution >= 0.6 is 15.9 Å². The molecule has 0 spiro atoms. The third-order valence-electron chi connectivity index (χ3n) is 3.93. The van der Waals surface area contributed by atoms with Crippen molar-refractivity contribution < 1.29 is 4.79 Å². The minimum atomic E-state index is 0.124. The van der Waals surface area contributed by atoms with Gasteiger partial charge in [0.1, 0.15) is 0 Å². The van der Waals surface area contributed by atoms with Gasteiger partial charge in [-0.3, -0.25) is 4.79 Å². The molecule has 0 atom stereocenters. The van der Waals surface area contributed by atoms with Gasteiger partial charge in [-0.05, 0) is 48.2 Å². The number of nitrogen functional groups attached to an aromatic ring is 1. The highest BCUT2D eigenvalue weighted by Crippen LogP contribution is 2.32. The summed E-state index contributed by atoms with van der Waals surface area (Å²) in [7, 11) is 0. The van der Waals surface area contributed by atoms with Crippen LogP contribution in [-0.2, 0) is 17.6 Å². The third-order valence-corrected chi connectivity index (χ3v) is 4.46. The Morgan fingerprint density at radius 3 is 2.71 bits per heavy atom. The van der Waals surface area contributed by atoms with Crippen molar-refractivity contribution in [3.63, 3.8) is 0 Å². The van der Waals surface area contributed by atoms with Crippen molar-refractivity contribution in [1.82, 2.24) is 0 Å². The molecule has 4 heteroatoms. The Morgan fingerprint density at radius 1 is 1.29 bits per heavy atom. The van der Waals surface area contributed by atoms with Crippen LogP contribution in [0.15, 0.2) is 40.9 Å². The van der Waals surface area contributed by atoms with Gasteiger partial charge < -0.3 is 10.6 Å². The number of benzene rings is 2. The summed E-state index contributed by atoms with van der Waals surface area (Å²) in [6.45, 7) is 2.75. The first-order valence-electron chi connectivity index (χ1n) is 6.98. The van der Waals surface area contributed by atoms with E-state index in [-0.39, 0.29) is 5.91 Å². The van der Waals surface area contributed by atoms with Crippen molar-refractivity contribution in [2.75, 3.05) is 17.2 Å². The van der Waals surface area contributed by atoms with Gasteiger partial charge in [-0.1, -0.05) is 34.1 Å². The minimum absolute atomic E-state index is 0.124. The van der Waals surface area contributed by atoms with Crippen LogP contribution < -0.4 is 10.6 Å². The molecule has 0 radical (unpaired) electrons. The van der Waals surface area contributed by atoms with Crippen LogP contribution in [-0.4, -0.2) is 12.5 Å². The maximum atomic E-state index is 12.5. The third kappa shape index (κ3) is 2.81. The van der Waals surface area contributed by atoms with Crippen LogP contribution in [0.4, 0.5) is 11.4 Å². The molecule has 0 saturated heterocycles. The molecule has 2 aromatic rings. The molecule has 0 aliphatic carbocycles. The Hall–Kier alpha value is -1.81. The van der Waals surface area contributed by atoms with Gasteiger partial charge in [0.05, 0.1) is 6.42 Å². The van der Waals surface area contributed by atoms with E-state index in [0.717, 1.165) is 39.9 Å². The van der Waals surface area contributed by atoms with Gasteiger partial charge in [-0.15, -0.1) is 0 Å². The normalized spacial score (nSPS) is 13.3. The standard InChI is InChI=1S/C17H17BrN2O/c1-11-8-13-6-7-20(16(13)10-15(11)19)17(21)9-12-2-4-14(18)5-3-12/h2-5,8,10H,6-7,9,19H2,1H3. The van der Waals surface area contributed by atoms with E-state index in [4.69, 9.17) is 5.73 Å². The maximum absolute atomic E-state index is 12.5. The van der Waals surface area contributed by atoms with E-state index in [0.29, 0.717) is 6.42 Å². The number of halogens is 1. The van der Waals surface area contributed by atoms with Crippen LogP contribution in [0.5, 0.6) is 0 Å². The molecule has 0 unspecified atom stereocenters. The Morgan fingerprint density at radius 2 is 2.00 bits per heavy atom. The largest absolute Gasteiger partial charge is 0.398 e. The molecular formula is C17H17BrN2O. The van der Waals surface area contributed by atoms with Gasteiger partial charge in [0, 0.05) is 22.4 Å². The second kappa shape index (κ2) is 5.53. The van der Waals surface area contributed by atoms with Crippen LogP contribution in [0, 0.1) is 6.92 Å². The van der Waals surface area contributed by atoms with Crippen molar-refractivity contribution in [1.29, 1.82) is 0 Å². The van der Waals surface area contributed by atoms with E-state index >= 15 is 0 Å². The highest BCUT2D eigenvalue weighted by atomic mass is 79.9. The molecule has 1 amide bonds. The van der Waals surface area contributed by atoms with Gasteiger partial charge in [0.15, 0.2) is 0 Å². The fraction of sp³-hybridized carbons (Fsp3) is 0.235. The number of nitrogens with zero attached hydrogens (tertiary/aromatic N) is 1. The molecule has 0 fully saturated rings. The van der Waals surface area contributed by atoms with Crippen molar-refractivity contribution in [3.8, 4) is 0 Å². The molecule has 3 nitrogen and oxygen atoms in total. The van der Waals surface area contributed by atoms with Gasteiger partial charge in [-0.25, -0.2) is 0 Å². The van der Waals surface area contributed by atoms with Crippen molar-refractivity contribution in [2.45, 2.75) is 19.8 Å². The SMILES string of the molecule is Cc1cc2c(cc1N)N(C(=O)Cc1ccc(Br)cc1)CC2.